The minimum atomic E-state index is 0.691. The van der Waals surface area contributed by atoms with E-state index in [0.717, 1.165) is 31.1 Å². The van der Waals surface area contributed by atoms with Crippen LogP contribution in [0.15, 0.2) is 24.3 Å². The molecule has 0 aliphatic heterocycles. The molecule has 18 heavy (non-hydrogen) atoms. The zero-order chi connectivity index (χ0) is 13.2. The molecule has 0 amide bonds. The summed E-state index contributed by atoms with van der Waals surface area (Å²) in [6.45, 7) is 6.33. The summed E-state index contributed by atoms with van der Waals surface area (Å²) in [5.74, 6) is 1.77. The first-order valence-corrected chi connectivity index (χ1v) is 6.45. The zero-order valence-corrected chi connectivity index (χ0v) is 11.6. The molecule has 1 aromatic carbocycles. The molecule has 0 bridgehead atoms. The van der Waals surface area contributed by atoms with Gasteiger partial charge in [-0.1, -0.05) is 0 Å². The van der Waals surface area contributed by atoms with Crippen LogP contribution in [0.25, 0.3) is 0 Å². The smallest absolute Gasteiger partial charge is 0.119 e. The molecule has 0 aromatic heterocycles. The number of likely N-dealkylation sites (N-methyl/N-ethyl adjacent to an activating group) is 2. The van der Waals surface area contributed by atoms with Crippen LogP contribution >= 0.6 is 0 Å². The molecule has 0 saturated heterocycles. The summed E-state index contributed by atoms with van der Waals surface area (Å²) in [6.07, 6.45) is 0. The van der Waals surface area contributed by atoms with E-state index in [2.05, 4.69) is 17.3 Å². The highest BCUT2D eigenvalue weighted by Crippen LogP contribution is 2.17. The van der Waals surface area contributed by atoms with Crippen molar-refractivity contribution in [2.75, 3.05) is 46.9 Å². The second-order valence-corrected chi connectivity index (χ2v) is 4.16. The summed E-state index contributed by atoms with van der Waals surface area (Å²) in [5.41, 5.74) is 0. The van der Waals surface area contributed by atoms with Gasteiger partial charge in [0.25, 0.3) is 0 Å². The molecule has 0 saturated carbocycles. The summed E-state index contributed by atoms with van der Waals surface area (Å²) >= 11 is 0. The van der Waals surface area contributed by atoms with Crippen LogP contribution in [0.3, 0.4) is 0 Å². The van der Waals surface area contributed by atoms with Crippen molar-refractivity contribution in [1.82, 2.24) is 10.2 Å². The van der Waals surface area contributed by atoms with Gasteiger partial charge in [-0.2, -0.15) is 0 Å². The van der Waals surface area contributed by atoms with Crippen molar-refractivity contribution in [2.45, 2.75) is 6.92 Å². The lowest BCUT2D eigenvalue weighted by atomic mass is 10.3. The lowest BCUT2D eigenvalue weighted by Crippen LogP contribution is -2.30. The van der Waals surface area contributed by atoms with Crippen LogP contribution in [0.4, 0.5) is 0 Å². The molecule has 0 fully saturated rings. The SMILES string of the molecule is CCOc1ccc(OCCN(C)CCNC)cc1. The van der Waals surface area contributed by atoms with Crippen molar-refractivity contribution in [2.24, 2.45) is 0 Å². The van der Waals surface area contributed by atoms with Gasteiger partial charge < -0.3 is 19.7 Å². The Morgan fingerprint density at radius 2 is 1.67 bits per heavy atom. The highest BCUT2D eigenvalue weighted by molar-refractivity contribution is 5.31. The normalized spacial score (nSPS) is 10.7. The molecule has 0 radical (unpaired) electrons. The van der Waals surface area contributed by atoms with E-state index < -0.39 is 0 Å². The van der Waals surface area contributed by atoms with Gasteiger partial charge in [-0.3, -0.25) is 0 Å². The minimum absolute atomic E-state index is 0.691. The fraction of sp³-hybridized carbons (Fsp3) is 0.571. The van der Waals surface area contributed by atoms with E-state index in [1.165, 1.54) is 0 Å². The van der Waals surface area contributed by atoms with E-state index in [1.807, 2.05) is 38.2 Å². The maximum atomic E-state index is 5.67. The van der Waals surface area contributed by atoms with Gasteiger partial charge in [0.2, 0.25) is 0 Å². The second kappa shape index (κ2) is 8.78. The highest BCUT2D eigenvalue weighted by Gasteiger charge is 1.99. The summed E-state index contributed by atoms with van der Waals surface area (Å²) < 4.78 is 11.0. The van der Waals surface area contributed by atoms with E-state index >= 15 is 0 Å². The predicted molar refractivity (Wildman–Crippen MR) is 74.5 cm³/mol. The Kier molecular flexibility index (Phi) is 7.22. The van der Waals surface area contributed by atoms with Crippen LogP contribution in [-0.2, 0) is 0 Å². The molecule has 1 rings (SSSR count). The van der Waals surface area contributed by atoms with Gasteiger partial charge in [0.05, 0.1) is 6.61 Å². The minimum Gasteiger partial charge on any atom is -0.494 e. The lowest BCUT2D eigenvalue weighted by molar-refractivity contribution is 0.238. The molecule has 0 heterocycles. The summed E-state index contributed by atoms with van der Waals surface area (Å²) in [6, 6.07) is 7.75. The largest absolute Gasteiger partial charge is 0.494 e. The summed E-state index contributed by atoms with van der Waals surface area (Å²) in [7, 11) is 4.06. The number of rotatable bonds is 9. The first-order chi connectivity index (χ1) is 8.76. The van der Waals surface area contributed by atoms with Crippen molar-refractivity contribution in [3.63, 3.8) is 0 Å². The quantitative estimate of drug-likeness (QED) is 0.724. The van der Waals surface area contributed by atoms with Crippen LogP contribution in [0.2, 0.25) is 0 Å². The number of nitrogens with zero attached hydrogens (tertiary/aromatic N) is 1. The number of nitrogens with one attached hydrogen (secondary N) is 1. The number of benzene rings is 1. The van der Waals surface area contributed by atoms with Gasteiger partial charge in [0, 0.05) is 19.6 Å². The maximum Gasteiger partial charge on any atom is 0.119 e. The second-order valence-electron chi connectivity index (χ2n) is 4.16. The molecule has 1 aromatic rings. The Morgan fingerprint density at radius 1 is 1.06 bits per heavy atom. The molecule has 0 atom stereocenters. The average molecular weight is 252 g/mol. The van der Waals surface area contributed by atoms with Crippen molar-refractivity contribution in [1.29, 1.82) is 0 Å². The van der Waals surface area contributed by atoms with E-state index in [4.69, 9.17) is 9.47 Å². The predicted octanol–water partition coefficient (Wildman–Crippen LogP) is 1.62. The number of hydrogen-bond acceptors (Lipinski definition) is 4. The molecule has 102 valence electrons. The van der Waals surface area contributed by atoms with Gasteiger partial charge >= 0.3 is 0 Å². The molecule has 4 heteroatoms. The van der Waals surface area contributed by atoms with Crippen molar-refractivity contribution < 1.29 is 9.47 Å². The summed E-state index contributed by atoms with van der Waals surface area (Å²) in [5, 5.41) is 3.13. The van der Waals surface area contributed by atoms with Crippen LogP contribution in [-0.4, -0.2) is 51.8 Å². The first-order valence-electron chi connectivity index (χ1n) is 6.45. The first kappa shape index (κ1) is 14.8. The van der Waals surface area contributed by atoms with E-state index in [9.17, 15) is 0 Å². The van der Waals surface area contributed by atoms with Crippen LogP contribution < -0.4 is 14.8 Å². The number of hydrogen-bond donors (Lipinski definition) is 1. The molecule has 0 aliphatic carbocycles. The van der Waals surface area contributed by atoms with Gasteiger partial charge in [-0.25, -0.2) is 0 Å². The Bertz CT molecular complexity index is 314. The molecule has 4 nitrogen and oxygen atoms in total. The van der Waals surface area contributed by atoms with Crippen molar-refractivity contribution in [3.05, 3.63) is 24.3 Å². The molecular weight excluding hydrogens is 228 g/mol. The van der Waals surface area contributed by atoms with Crippen molar-refractivity contribution in [3.8, 4) is 11.5 Å². The average Bonchev–Trinajstić information content (AvgIpc) is 2.39. The van der Waals surface area contributed by atoms with E-state index in [-0.39, 0.29) is 0 Å². The fourth-order valence-corrected chi connectivity index (χ4v) is 1.53. The number of ether oxygens (including phenoxy) is 2. The monoisotopic (exact) mass is 252 g/mol. The summed E-state index contributed by atoms with van der Waals surface area (Å²) in [4.78, 5) is 2.24. The van der Waals surface area contributed by atoms with Crippen LogP contribution in [0.1, 0.15) is 6.92 Å². The van der Waals surface area contributed by atoms with E-state index in [1.54, 1.807) is 0 Å². The third-order valence-electron chi connectivity index (χ3n) is 2.62. The third-order valence-corrected chi connectivity index (χ3v) is 2.62. The third kappa shape index (κ3) is 5.89. The molecular formula is C14H24N2O2. The molecule has 0 spiro atoms. The van der Waals surface area contributed by atoms with Gasteiger partial charge in [0.15, 0.2) is 0 Å². The Morgan fingerprint density at radius 3 is 2.22 bits per heavy atom. The zero-order valence-electron chi connectivity index (χ0n) is 11.6. The van der Waals surface area contributed by atoms with Crippen molar-refractivity contribution >= 4 is 0 Å². The topological polar surface area (TPSA) is 33.7 Å². The van der Waals surface area contributed by atoms with Crippen LogP contribution in [0.5, 0.6) is 11.5 Å². The standard InChI is InChI=1S/C14H24N2O2/c1-4-17-13-5-7-14(8-6-13)18-12-11-16(3)10-9-15-2/h5-8,15H,4,9-12H2,1-3H3. The molecule has 0 aliphatic rings. The Balaban J connectivity index is 2.22. The van der Waals surface area contributed by atoms with Gasteiger partial charge in [-0.05, 0) is 45.3 Å². The fourth-order valence-electron chi connectivity index (χ4n) is 1.53. The lowest BCUT2D eigenvalue weighted by Gasteiger charge is -2.16. The van der Waals surface area contributed by atoms with Gasteiger partial charge in [0.1, 0.15) is 18.1 Å². The van der Waals surface area contributed by atoms with E-state index in [0.29, 0.717) is 13.2 Å². The highest BCUT2D eigenvalue weighted by atomic mass is 16.5. The van der Waals surface area contributed by atoms with Gasteiger partial charge in [-0.15, -0.1) is 0 Å². The van der Waals surface area contributed by atoms with Crippen LogP contribution in [0, 0.1) is 0 Å². The molecule has 0 unspecified atom stereocenters. The Labute approximate surface area is 110 Å². The maximum absolute atomic E-state index is 5.67. The molecule has 1 N–H and O–H groups in total. The Hall–Kier alpha value is -1.26.